The van der Waals surface area contributed by atoms with E-state index in [4.69, 9.17) is 5.73 Å². The number of anilines is 2. The van der Waals surface area contributed by atoms with Gasteiger partial charge in [0, 0.05) is 16.3 Å². The molecule has 0 spiro atoms. The van der Waals surface area contributed by atoms with Crippen LogP contribution in [0.15, 0.2) is 41.3 Å². The van der Waals surface area contributed by atoms with Crippen LogP contribution >= 0.6 is 11.8 Å². The van der Waals surface area contributed by atoms with Crippen molar-refractivity contribution in [1.29, 1.82) is 0 Å². The lowest BCUT2D eigenvalue weighted by atomic mass is 10.1. The van der Waals surface area contributed by atoms with Crippen molar-refractivity contribution in [2.75, 3.05) is 16.8 Å². The number of nitrogens with one attached hydrogen (secondary N) is 1. The Morgan fingerprint density at radius 2 is 1.90 bits per heavy atom. The zero-order valence-electron chi connectivity index (χ0n) is 12.6. The highest BCUT2D eigenvalue weighted by atomic mass is 32.2. The average Bonchev–Trinajstić information content (AvgIpc) is 2.45. The number of thioether (sulfide) groups is 1. The van der Waals surface area contributed by atoms with Crippen molar-refractivity contribution in [1.82, 2.24) is 0 Å². The van der Waals surface area contributed by atoms with Crippen LogP contribution in [0.4, 0.5) is 11.4 Å². The van der Waals surface area contributed by atoms with Gasteiger partial charge in [-0.15, -0.1) is 11.8 Å². The first kappa shape index (κ1) is 15.4. The molecule has 2 rings (SSSR count). The number of rotatable bonds is 4. The minimum absolute atomic E-state index is 0.0214. The summed E-state index contributed by atoms with van der Waals surface area (Å²) in [5, 5.41) is 2.91. The second kappa shape index (κ2) is 6.68. The molecule has 0 aliphatic rings. The molecule has 0 radical (unpaired) electrons. The Labute approximate surface area is 129 Å². The van der Waals surface area contributed by atoms with Gasteiger partial charge in [-0.25, -0.2) is 0 Å². The van der Waals surface area contributed by atoms with Crippen LogP contribution in [0, 0.1) is 20.8 Å². The molecule has 0 unspecified atom stereocenters. The van der Waals surface area contributed by atoms with Crippen molar-refractivity contribution in [2.45, 2.75) is 25.7 Å². The maximum atomic E-state index is 12.0. The first-order chi connectivity index (χ1) is 9.97. The van der Waals surface area contributed by atoms with Gasteiger partial charge in [-0.3, -0.25) is 4.79 Å². The summed E-state index contributed by atoms with van der Waals surface area (Å²) in [4.78, 5) is 13.1. The second-order valence-electron chi connectivity index (χ2n) is 5.10. The molecular formula is C17H20N2OS. The van der Waals surface area contributed by atoms with Crippen molar-refractivity contribution in [2.24, 2.45) is 0 Å². The van der Waals surface area contributed by atoms with Gasteiger partial charge in [0.25, 0.3) is 0 Å². The number of hydrogen-bond acceptors (Lipinski definition) is 3. The molecule has 0 fully saturated rings. The van der Waals surface area contributed by atoms with Crippen LogP contribution in [0.3, 0.4) is 0 Å². The van der Waals surface area contributed by atoms with E-state index in [0.717, 1.165) is 16.1 Å². The molecule has 2 aromatic rings. The molecule has 0 saturated heterocycles. The lowest BCUT2D eigenvalue weighted by Gasteiger charge is -2.10. The molecule has 0 bridgehead atoms. The fraction of sp³-hybridized carbons (Fsp3) is 0.235. The van der Waals surface area contributed by atoms with E-state index < -0.39 is 0 Å². The third-order valence-electron chi connectivity index (χ3n) is 3.50. The van der Waals surface area contributed by atoms with Crippen LogP contribution in [-0.4, -0.2) is 11.7 Å². The first-order valence-electron chi connectivity index (χ1n) is 6.82. The predicted octanol–water partition coefficient (Wildman–Crippen LogP) is 3.92. The van der Waals surface area contributed by atoms with E-state index in [1.165, 1.54) is 22.9 Å². The topological polar surface area (TPSA) is 55.1 Å². The fourth-order valence-electron chi connectivity index (χ4n) is 1.93. The Bertz CT molecular complexity index is 668. The zero-order valence-corrected chi connectivity index (χ0v) is 13.4. The quantitative estimate of drug-likeness (QED) is 0.664. The molecule has 3 nitrogen and oxygen atoms in total. The Balaban J connectivity index is 1.96. The van der Waals surface area contributed by atoms with E-state index in [2.05, 4.69) is 31.3 Å². The third kappa shape index (κ3) is 4.02. The summed E-state index contributed by atoms with van der Waals surface area (Å²) >= 11 is 1.54. The highest BCUT2D eigenvalue weighted by Crippen LogP contribution is 2.23. The van der Waals surface area contributed by atoms with Gasteiger partial charge < -0.3 is 11.1 Å². The Hall–Kier alpha value is -1.94. The molecular weight excluding hydrogens is 280 g/mol. The number of nitrogens with two attached hydrogens (primary N) is 1. The van der Waals surface area contributed by atoms with Crippen LogP contribution in [0.5, 0.6) is 0 Å². The van der Waals surface area contributed by atoms with Crippen molar-refractivity contribution in [3.63, 3.8) is 0 Å². The smallest absolute Gasteiger partial charge is 0.234 e. The van der Waals surface area contributed by atoms with Crippen LogP contribution in [0.2, 0.25) is 0 Å². The van der Waals surface area contributed by atoms with E-state index >= 15 is 0 Å². The lowest BCUT2D eigenvalue weighted by molar-refractivity contribution is -0.113. The summed E-state index contributed by atoms with van der Waals surface area (Å²) < 4.78 is 0. The van der Waals surface area contributed by atoms with Crippen LogP contribution < -0.4 is 11.1 Å². The molecule has 0 aliphatic carbocycles. The average molecular weight is 300 g/mol. The van der Waals surface area contributed by atoms with Gasteiger partial charge in [-0.05, 0) is 61.7 Å². The molecule has 1 amide bonds. The normalized spacial score (nSPS) is 10.4. The minimum Gasteiger partial charge on any atom is -0.398 e. The number of aryl methyl sites for hydroxylation is 2. The van der Waals surface area contributed by atoms with Crippen molar-refractivity contribution < 1.29 is 4.79 Å². The molecule has 0 aromatic heterocycles. The molecule has 0 aliphatic heterocycles. The number of amides is 1. The summed E-state index contributed by atoms with van der Waals surface area (Å²) in [5.74, 6) is 0.364. The van der Waals surface area contributed by atoms with Gasteiger partial charge in [-0.2, -0.15) is 0 Å². The van der Waals surface area contributed by atoms with E-state index in [0.29, 0.717) is 11.4 Å². The molecule has 0 saturated carbocycles. The highest BCUT2D eigenvalue weighted by molar-refractivity contribution is 8.00. The summed E-state index contributed by atoms with van der Waals surface area (Å²) in [7, 11) is 0. The highest BCUT2D eigenvalue weighted by Gasteiger charge is 2.07. The van der Waals surface area contributed by atoms with Gasteiger partial charge >= 0.3 is 0 Å². The number of carbonyl (C=O) groups is 1. The van der Waals surface area contributed by atoms with Crippen LogP contribution in [0.25, 0.3) is 0 Å². The maximum absolute atomic E-state index is 12.0. The minimum atomic E-state index is -0.0214. The summed E-state index contributed by atoms with van der Waals surface area (Å²) in [6, 6.07) is 11.8. The van der Waals surface area contributed by atoms with Crippen molar-refractivity contribution in [3.05, 3.63) is 53.1 Å². The molecule has 2 aromatic carbocycles. The second-order valence-corrected chi connectivity index (χ2v) is 6.15. The summed E-state index contributed by atoms with van der Waals surface area (Å²) in [6.07, 6.45) is 0. The Kier molecular flexibility index (Phi) is 4.91. The van der Waals surface area contributed by atoms with Gasteiger partial charge in [0.2, 0.25) is 5.91 Å². The summed E-state index contributed by atoms with van der Waals surface area (Å²) in [6.45, 7) is 6.07. The van der Waals surface area contributed by atoms with Crippen molar-refractivity contribution >= 4 is 29.0 Å². The molecule has 110 valence electrons. The van der Waals surface area contributed by atoms with E-state index in [1.54, 1.807) is 0 Å². The number of nitrogen functional groups attached to an aromatic ring is 1. The van der Waals surface area contributed by atoms with E-state index in [9.17, 15) is 4.79 Å². The Morgan fingerprint density at radius 3 is 2.62 bits per heavy atom. The zero-order chi connectivity index (χ0) is 15.4. The molecule has 0 heterocycles. The first-order valence-corrected chi connectivity index (χ1v) is 7.81. The largest absolute Gasteiger partial charge is 0.398 e. The number of hydrogen-bond donors (Lipinski definition) is 2. The monoisotopic (exact) mass is 300 g/mol. The van der Waals surface area contributed by atoms with E-state index in [1.807, 2.05) is 31.2 Å². The Morgan fingerprint density at radius 1 is 1.14 bits per heavy atom. The molecule has 0 atom stereocenters. The molecule has 3 N–H and O–H groups in total. The third-order valence-corrected chi connectivity index (χ3v) is 4.49. The van der Waals surface area contributed by atoms with Gasteiger partial charge in [0.05, 0.1) is 5.75 Å². The van der Waals surface area contributed by atoms with Gasteiger partial charge in [-0.1, -0.05) is 12.1 Å². The fourth-order valence-corrected chi connectivity index (χ4v) is 2.72. The van der Waals surface area contributed by atoms with Crippen LogP contribution in [0.1, 0.15) is 16.7 Å². The SMILES string of the molecule is Cc1ccc(SCC(=O)Nc2cccc(N)c2C)cc1C. The van der Waals surface area contributed by atoms with E-state index in [-0.39, 0.29) is 5.91 Å². The predicted molar refractivity (Wildman–Crippen MR) is 90.9 cm³/mol. The lowest BCUT2D eigenvalue weighted by Crippen LogP contribution is -2.15. The number of carbonyl (C=O) groups excluding carboxylic acids is 1. The van der Waals surface area contributed by atoms with Crippen LogP contribution in [-0.2, 0) is 4.79 Å². The molecule has 21 heavy (non-hydrogen) atoms. The molecule has 4 heteroatoms. The van der Waals surface area contributed by atoms with Crippen molar-refractivity contribution in [3.8, 4) is 0 Å². The van der Waals surface area contributed by atoms with Gasteiger partial charge in [0.15, 0.2) is 0 Å². The standard InChI is InChI=1S/C17H20N2OS/c1-11-7-8-14(9-12(11)2)21-10-17(20)19-16-6-4-5-15(18)13(16)3/h4-9H,10,18H2,1-3H3,(H,19,20). The van der Waals surface area contributed by atoms with Gasteiger partial charge in [0.1, 0.15) is 0 Å². The number of benzene rings is 2. The maximum Gasteiger partial charge on any atom is 0.234 e. The summed E-state index contributed by atoms with van der Waals surface area (Å²) in [5.41, 5.74) is 10.7.